The Morgan fingerprint density at radius 2 is 1.50 bits per heavy atom. The number of nitrogens with zero attached hydrogens (tertiary/aromatic N) is 4. The molecular weight excluding hydrogens is 444 g/mol. The second kappa shape index (κ2) is 9.17. The first-order valence-corrected chi connectivity index (χ1v) is 12.5. The largest absolute Gasteiger partial charge is 0.354 e. The smallest absolute Gasteiger partial charge is 0.243 e. The molecule has 0 N–H and O–H groups in total. The van der Waals surface area contributed by atoms with Gasteiger partial charge in [0.15, 0.2) is 0 Å². The molecule has 0 saturated carbocycles. The van der Waals surface area contributed by atoms with Crippen LogP contribution in [-0.4, -0.2) is 48.9 Å². The van der Waals surface area contributed by atoms with Gasteiger partial charge in [-0.2, -0.15) is 4.31 Å². The lowest BCUT2D eigenvalue weighted by Crippen LogP contribution is -2.49. The molecule has 8 heteroatoms. The molecule has 1 aliphatic heterocycles. The van der Waals surface area contributed by atoms with Crippen molar-refractivity contribution in [1.29, 1.82) is 0 Å². The van der Waals surface area contributed by atoms with Crippen molar-refractivity contribution in [3.05, 3.63) is 81.8 Å². The fraction of sp³-hybridized carbons (Fsp3) is 0.333. The Morgan fingerprint density at radius 1 is 0.875 bits per heavy atom. The molecule has 2 heterocycles. The first-order chi connectivity index (χ1) is 15.2. The van der Waals surface area contributed by atoms with Gasteiger partial charge in [-0.25, -0.2) is 18.4 Å². The zero-order valence-corrected chi connectivity index (χ0v) is 20.1. The molecule has 0 unspecified atom stereocenters. The standard InChI is InChI=1S/C24H27ClN4O2S/c1-17-4-6-20(7-5-17)16-23-18(2)26-19(3)27-24(23)28-12-14-29(15-13-28)32(30,31)22-10-8-21(25)9-11-22/h4-11H,12-16H2,1-3H3. The van der Waals surface area contributed by atoms with E-state index >= 15 is 0 Å². The number of aromatic nitrogens is 2. The fourth-order valence-corrected chi connectivity index (χ4v) is 5.54. The molecule has 0 spiro atoms. The summed E-state index contributed by atoms with van der Waals surface area (Å²) in [6, 6.07) is 14.8. The number of rotatable bonds is 5. The Kier molecular flexibility index (Phi) is 6.51. The number of anilines is 1. The normalized spacial score (nSPS) is 15.2. The predicted molar refractivity (Wildman–Crippen MR) is 128 cm³/mol. The molecule has 2 aromatic carbocycles. The number of piperazine rings is 1. The molecule has 0 aliphatic carbocycles. The molecule has 32 heavy (non-hydrogen) atoms. The highest BCUT2D eigenvalue weighted by molar-refractivity contribution is 7.89. The van der Waals surface area contributed by atoms with Gasteiger partial charge in [0.25, 0.3) is 0 Å². The summed E-state index contributed by atoms with van der Waals surface area (Å²) >= 11 is 5.91. The van der Waals surface area contributed by atoms with Crippen molar-refractivity contribution in [3.63, 3.8) is 0 Å². The molecule has 0 bridgehead atoms. The third-order valence-electron chi connectivity index (χ3n) is 5.79. The van der Waals surface area contributed by atoms with E-state index in [0.29, 0.717) is 31.2 Å². The van der Waals surface area contributed by atoms with E-state index < -0.39 is 10.0 Å². The van der Waals surface area contributed by atoms with Crippen LogP contribution in [0, 0.1) is 20.8 Å². The Bertz CT molecular complexity index is 1200. The summed E-state index contributed by atoms with van der Waals surface area (Å²) < 4.78 is 27.6. The summed E-state index contributed by atoms with van der Waals surface area (Å²) in [5, 5.41) is 0.518. The maximum Gasteiger partial charge on any atom is 0.243 e. The van der Waals surface area contributed by atoms with Gasteiger partial charge in [0.2, 0.25) is 10.0 Å². The van der Waals surface area contributed by atoms with Crippen LogP contribution in [0.25, 0.3) is 0 Å². The molecule has 1 saturated heterocycles. The average molecular weight is 471 g/mol. The molecule has 0 radical (unpaired) electrons. The van der Waals surface area contributed by atoms with E-state index in [2.05, 4.69) is 41.1 Å². The van der Waals surface area contributed by atoms with Crippen molar-refractivity contribution in [2.24, 2.45) is 0 Å². The van der Waals surface area contributed by atoms with E-state index in [4.69, 9.17) is 16.6 Å². The number of hydrogen-bond donors (Lipinski definition) is 0. The van der Waals surface area contributed by atoms with Crippen molar-refractivity contribution in [2.45, 2.75) is 32.1 Å². The maximum atomic E-state index is 13.0. The summed E-state index contributed by atoms with van der Waals surface area (Å²) in [6.45, 7) is 7.94. The van der Waals surface area contributed by atoms with Crippen molar-refractivity contribution in [3.8, 4) is 0 Å². The van der Waals surface area contributed by atoms with Gasteiger partial charge in [0.05, 0.1) is 4.90 Å². The van der Waals surface area contributed by atoms with Gasteiger partial charge in [0.1, 0.15) is 11.6 Å². The van der Waals surface area contributed by atoms with Crippen LogP contribution in [-0.2, 0) is 16.4 Å². The summed E-state index contributed by atoms with van der Waals surface area (Å²) in [5.41, 5.74) is 4.48. The number of sulfonamides is 1. The van der Waals surface area contributed by atoms with Crippen molar-refractivity contribution in [2.75, 3.05) is 31.1 Å². The van der Waals surface area contributed by atoms with Gasteiger partial charge in [-0.05, 0) is 50.6 Å². The SMILES string of the molecule is Cc1ccc(Cc2c(C)nc(C)nc2N2CCN(S(=O)(=O)c3ccc(Cl)cc3)CC2)cc1. The predicted octanol–water partition coefficient (Wildman–Crippen LogP) is 4.16. The molecule has 1 aliphatic rings. The van der Waals surface area contributed by atoms with Crippen LogP contribution in [0.3, 0.4) is 0 Å². The quantitative estimate of drug-likeness (QED) is 0.560. The summed E-state index contributed by atoms with van der Waals surface area (Å²) in [5.74, 6) is 1.63. The first-order valence-electron chi connectivity index (χ1n) is 10.6. The molecule has 4 rings (SSSR count). The Labute approximate surface area is 194 Å². The van der Waals surface area contributed by atoms with E-state index in [1.54, 1.807) is 24.3 Å². The zero-order valence-electron chi connectivity index (χ0n) is 18.5. The molecule has 1 fully saturated rings. The van der Waals surface area contributed by atoms with E-state index in [9.17, 15) is 8.42 Å². The Hall–Kier alpha value is -2.48. The first kappa shape index (κ1) is 22.7. The minimum absolute atomic E-state index is 0.268. The molecule has 6 nitrogen and oxygen atoms in total. The molecular formula is C24H27ClN4O2S. The second-order valence-corrected chi connectivity index (χ2v) is 10.5. The second-order valence-electron chi connectivity index (χ2n) is 8.17. The molecule has 168 valence electrons. The summed E-state index contributed by atoms with van der Waals surface area (Å²) in [4.78, 5) is 11.8. The van der Waals surface area contributed by atoms with Crippen molar-refractivity contribution >= 4 is 27.4 Å². The van der Waals surface area contributed by atoms with Crippen LogP contribution in [0.1, 0.15) is 28.2 Å². The van der Waals surface area contributed by atoms with Gasteiger partial charge in [-0.15, -0.1) is 0 Å². The minimum atomic E-state index is -3.55. The minimum Gasteiger partial charge on any atom is -0.354 e. The Morgan fingerprint density at radius 3 is 2.12 bits per heavy atom. The average Bonchev–Trinajstić information content (AvgIpc) is 2.77. The lowest BCUT2D eigenvalue weighted by Gasteiger charge is -2.36. The monoisotopic (exact) mass is 470 g/mol. The van der Waals surface area contributed by atoms with E-state index in [1.165, 1.54) is 15.4 Å². The topological polar surface area (TPSA) is 66.4 Å². The van der Waals surface area contributed by atoms with Gasteiger partial charge in [-0.1, -0.05) is 41.4 Å². The highest BCUT2D eigenvalue weighted by Crippen LogP contribution is 2.27. The number of aryl methyl sites for hydroxylation is 3. The van der Waals surface area contributed by atoms with Crippen LogP contribution in [0.5, 0.6) is 0 Å². The van der Waals surface area contributed by atoms with Gasteiger partial charge < -0.3 is 4.90 Å². The third-order valence-corrected chi connectivity index (χ3v) is 7.96. The fourth-order valence-electron chi connectivity index (χ4n) is 3.99. The van der Waals surface area contributed by atoms with E-state index in [1.807, 2.05) is 13.8 Å². The highest BCUT2D eigenvalue weighted by Gasteiger charge is 2.30. The Balaban J connectivity index is 1.55. The van der Waals surface area contributed by atoms with Crippen LogP contribution >= 0.6 is 11.6 Å². The van der Waals surface area contributed by atoms with Crippen LogP contribution in [0.2, 0.25) is 5.02 Å². The van der Waals surface area contributed by atoms with Crippen molar-refractivity contribution < 1.29 is 8.42 Å². The van der Waals surface area contributed by atoms with Crippen LogP contribution in [0.15, 0.2) is 53.4 Å². The molecule has 0 atom stereocenters. The molecule has 3 aromatic rings. The van der Waals surface area contributed by atoms with E-state index in [0.717, 1.165) is 29.3 Å². The summed E-state index contributed by atoms with van der Waals surface area (Å²) in [6.07, 6.45) is 0.741. The third kappa shape index (κ3) is 4.80. The lowest BCUT2D eigenvalue weighted by atomic mass is 10.0. The lowest BCUT2D eigenvalue weighted by molar-refractivity contribution is 0.383. The number of benzene rings is 2. The van der Waals surface area contributed by atoms with E-state index in [-0.39, 0.29) is 4.90 Å². The number of halogens is 1. The molecule has 0 amide bonds. The van der Waals surface area contributed by atoms with Gasteiger partial charge in [-0.3, -0.25) is 0 Å². The van der Waals surface area contributed by atoms with Gasteiger partial charge >= 0.3 is 0 Å². The molecule has 1 aromatic heterocycles. The zero-order chi connectivity index (χ0) is 22.9. The van der Waals surface area contributed by atoms with Crippen LogP contribution < -0.4 is 4.90 Å². The summed E-state index contributed by atoms with van der Waals surface area (Å²) in [7, 11) is -3.55. The number of hydrogen-bond acceptors (Lipinski definition) is 5. The van der Waals surface area contributed by atoms with Crippen LogP contribution in [0.4, 0.5) is 5.82 Å². The van der Waals surface area contributed by atoms with Gasteiger partial charge in [0, 0.05) is 48.9 Å². The van der Waals surface area contributed by atoms with Crippen molar-refractivity contribution in [1.82, 2.24) is 14.3 Å². The maximum absolute atomic E-state index is 13.0. The highest BCUT2D eigenvalue weighted by atomic mass is 35.5.